The van der Waals surface area contributed by atoms with Crippen molar-refractivity contribution in [1.82, 2.24) is 4.90 Å². The Morgan fingerprint density at radius 2 is 1.75 bits per heavy atom. The van der Waals surface area contributed by atoms with Crippen molar-refractivity contribution in [2.24, 2.45) is 0 Å². The lowest BCUT2D eigenvalue weighted by molar-refractivity contribution is -0.153. The number of carboxylic acids is 2. The van der Waals surface area contributed by atoms with Gasteiger partial charge >= 0.3 is 11.9 Å². The number of nitrogens with zero attached hydrogens (tertiary/aromatic N) is 1. The molecule has 1 unspecified atom stereocenters. The molecule has 0 aromatic heterocycles. The SMILES string of the molecule is O=C(O)CCCCCN1C(=O)CC(O)(CC(=O)O)C1=O. The monoisotopic (exact) mass is 287 g/mol. The number of carbonyl (C=O) groups is 4. The van der Waals surface area contributed by atoms with E-state index in [1.54, 1.807) is 0 Å². The Balaban J connectivity index is 2.47. The molecule has 1 atom stereocenters. The highest BCUT2D eigenvalue weighted by molar-refractivity contribution is 6.08. The highest BCUT2D eigenvalue weighted by atomic mass is 16.4. The summed E-state index contributed by atoms with van der Waals surface area (Å²) in [5.41, 5.74) is -2.15. The maximum absolute atomic E-state index is 11.8. The molecule has 0 saturated carbocycles. The Morgan fingerprint density at radius 1 is 1.10 bits per heavy atom. The van der Waals surface area contributed by atoms with Gasteiger partial charge in [0.05, 0.1) is 12.8 Å². The molecule has 1 fully saturated rings. The quantitative estimate of drug-likeness (QED) is 0.408. The van der Waals surface area contributed by atoms with Crippen molar-refractivity contribution in [1.29, 1.82) is 0 Å². The van der Waals surface area contributed by atoms with E-state index in [2.05, 4.69) is 0 Å². The molecule has 3 N–H and O–H groups in total. The van der Waals surface area contributed by atoms with Gasteiger partial charge in [0.2, 0.25) is 5.91 Å². The maximum atomic E-state index is 11.8. The van der Waals surface area contributed by atoms with E-state index >= 15 is 0 Å². The average Bonchev–Trinajstić information content (AvgIpc) is 2.50. The van der Waals surface area contributed by atoms with Gasteiger partial charge in [0.15, 0.2) is 5.60 Å². The zero-order valence-electron chi connectivity index (χ0n) is 10.9. The van der Waals surface area contributed by atoms with Crippen LogP contribution in [0.25, 0.3) is 0 Å². The van der Waals surface area contributed by atoms with Crippen LogP contribution in [0.1, 0.15) is 38.5 Å². The molecule has 20 heavy (non-hydrogen) atoms. The van der Waals surface area contributed by atoms with Gasteiger partial charge in [-0.1, -0.05) is 6.42 Å². The van der Waals surface area contributed by atoms with Crippen LogP contribution in [0, 0.1) is 0 Å². The molecule has 1 aliphatic rings. The largest absolute Gasteiger partial charge is 0.481 e. The number of carboxylic acid groups (broad SMARTS) is 2. The first-order valence-corrected chi connectivity index (χ1v) is 6.27. The lowest BCUT2D eigenvalue weighted by atomic mass is 9.98. The first-order valence-electron chi connectivity index (χ1n) is 6.27. The number of aliphatic carboxylic acids is 2. The lowest BCUT2D eigenvalue weighted by Crippen LogP contribution is -2.42. The third-order valence-electron chi connectivity index (χ3n) is 3.10. The van der Waals surface area contributed by atoms with Crippen LogP contribution in [-0.2, 0) is 19.2 Å². The first kappa shape index (κ1) is 16.1. The van der Waals surface area contributed by atoms with Crippen molar-refractivity contribution in [2.45, 2.75) is 44.1 Å². The second kappa shape index (κ2) is 6.47. The van der Waals surface area contributed by atoms with Gasteiger partial charge < -0.3 is 15.3 Å². The summed E-state index contributed by atoms with van der Waals surface area (Å²) >= 11 is 0. The first-order chi connectivity index (χ1) is 9.26. The third-order valence-corrected chi connectivity index (χ3v) is 3.10. The molecule has 0 spiro atoms. The van der Waals surface area contributed by atoms with Gasteiger partial charge in [-0.3, -0.25) is 24.1 Å². The van der Waals surface area contributed by atoms with E-state index in [4.69, 9.17) is 10.2 Å². The normalized spacial score (nSPS) is 22.4. The van der Waals surface area contributed by atoms with E-state index in [1.807, 2.05) is 0 Å². The Hall–Kier alpha value is -1.96. The molecule has 1 aliphatic heterocycles. The average molecular weight is 287 g/mol. The van der Waals surface area contributed by atoms with Crippen LogP contribution in [0.5, 0.6) is 0 Å². The molecular weight excluding hydrogens is 270 g/mol. The minimum atomic E-state index is -2.15. The summed E-state index contributed by atoms with van der Waals surface area (Å²) in [6.45, 7) is 0.0687. The molecule has 8 nitrogen and oxygen atoms in total. The summed E-state index contributed by atoms with van der Waals surface area (Å²) in [5.74, 6) is -3.74. The minimum absolute atomic E-state index is 0.0187. The number of hydrogen-bond donors (Lipinski definition) is 3. The molecule has 0 bridgehead atoms. The summed E-state index contributed by atoms with van der Waals surface area (Å²) in [7, 11) is 0. The van der Waals surface area contributed by atoms with Gasteiger partial charge in [0, 0.05) is 13.0 Å². The van der Waals surface area contributed by atoms with Crippen molar-refractivity contribution in [3.8, 4) is 0 Å². The highest BCUT2D eigenvalue weighted by Gasteiger charge is 2.51. The van der Waals surface area contributed by atoms with E-state index in [1.165, 1.54) is 0 Å². The smallest absolute Gasteiger partial charge is 0.306 e. The molecule has 0 aliphatic carbocycles. The van der Waals surface area contributed by atoms with Crippen LogP contribution in [0.2, 0.25) is 0 Å². The van der Waals surface area contributed by atoms with Crippen molar-refractivity contribution in [3.63, 3.8) is 0 Å². The Morgan fingerprint density at radius 3 is 2.30 bits per heavy atom. The van der Waals surface area contributed by atoms with Crippen molar-refractivity contribution >= 4 is 23.8 Å². The molecule has 0 radical (unpaired) electrons. The molecule has 8 heteroatoms. The number of hydrogen-bond acceptors (Lipinski definition) is 5. The van der Waals surface area contributed by atoms with Crippen LogP contribution in [-0.4, -0.2) is 56.1 Å². The fourth-order valence-corrected chi connectivity index (χ4v) is 2.12. The molecule has 1 rings (SSSR count). The van der Waals surface area contributed by atoms with Gasteiger partial charge in [-0.15, -0.1) is 0 Å². The number of likely N-dealkylation sites (tertiary alicyclic amines) is 1. The molecular formula is C12H17NO7. The second-order valence-corrected chi connectivity index (χ2v) is 4.83. The van der Waals surface area contributed by atoms with Crippen LogP contribution in [0.3, 0.4) is 0 Å². The van der Waals surface area contributed by atoms with E-state index in [9.17, 15) is 24.3 Å². The summed E-state index contributed by atoms with van der Waals surface area (Å²) in [5, 5.41) is 27.0. The van der Waals surface area contributed by atoms with Gasteiger partial charge in [0.1, 0.15) is 0 Å². The number of imide groups is 1. The van der Waals surface area contributed by atoms with Crippen LogP contribution in [0.15, 0.2) is 0 Å². The van der Waals surface area contributed by atoms with Crippen molar-refractivity contribution in [2.75, 3.05) is 6.54 Å². The minimum Gasteiger partial charge on any atom is -0.481 e. The molecule has 0 aromatic carbocycles. The Bertz CT molecular complexity index is 434. The predicted molar refractivity (Wildman–Crippen MR) is 64.6 cm³/mol. The molecule has 1 saturated heterocycles. The number of aliphatic hydroxyl groups is 1. The van der Waals surface area contributed by atoms with Crippen LogP contribution < -0.4 is 0 Å². The van der Waals surface area contributed by atoms with Crippen molar-refractivity contribution < 1.29 is 34.5 Å². The standard InChI is InChI=1S/C12H17NO7/c14-8-6-12(20,7-10(17)18)11(19)13(8)5-3-1-2-4-9(15)16/h20H,1-7H2,(H,15,16)(H,17,18). The topological polar surface area (TPSA) is 132 Å². The summed E-state index contributed by atoms with van der Waals surface area (Å²) in [4.78, 5) is 45.2. The molecule has 112 valence electrons. The highest BCUT2D eigenvalue weighted by Crippen LogP contribution is 2.27. The number of rotatable bonds is 8. The zero-order valence-corrected chi connectivity index (χ0v) is 10.9. The Kier molecular flexibility index (Phi) is 5.20. The number of unbranched alkanes of at least 4 members (excludes halogenated alkanes) is 2. The molecule has 2 amide bonds. The fourth-order valence-electron chi connectivity index (χ4n) is 2.12. The zero-order chi connectivity index (χ0) is 15.3. The van der Waals surface area contributed by atoms with Gasteiger partial charge in [-0.05, 0) is 12.8 Å². The number of carbonyl (C=O) groups excluding carboxylic acids is 2. The van der Waals surface area contributed by atoms with Gasteiger partial charge in [-0.25, -0.2) is 0 Å². The summed E-state index contributed by atoms with van der Waals surface area (Å²) in [6.07, 6.45) is 0.0881. The van der Waals surface area contributed by atoms with Crippen LogP contribution >= 0.6 is 0 Å². The summed E-state index contributed by atoms with van der Waals surface area (Å²) < 4.78 is 0. The predicted octanol–water partition coefficient (Wildman–Crippen LogP) is -0.404. The van der Waals surface area contributed by atoms with E-state index < -0.39 is 42.2 Å². The Labute approximate surface area is 115 Å². The van der Waals surface area contributed by atoms with Gasteiger partial charge in [0.25, 0.3) is 5.91 Å². The van der Waals surface area contributed by atoms with E-state index in [-0.39, 0.29) is 13.0 Å². The molecule has 0 aromatic rings. The lowest BCUT2D eigenvalue weighted by Gasteiger charge is -2.19. The number of amides is 2. The fraction of sp³-hybridized carbons (Fsp3) is 0.667. The molecule has 1 heterocycles. The second-order valence-electron chi connectivity index (χ2n) is 4.83. The van der Waals surface area contributed by atoms with E-state index in [0.29, 0.717) is 19.3 Å². The van der Waals surface area contributed by atoms with Crippen LogP contribution in [0.4, 0.5) is 0 Å². The van der Waals surface area contributed by atoms with E-state index in [0.717, 1.165) is 4.90 Å². The maximum Gasteiger partial charge on any atom is 0.306 e. The third kappa shape index (κ3) is 4.02. The van der Waals surface area contributed by atoms with Crippen molar-refractivity contribution in [3.05, 3.63) is 0 Å². The summed E-state index contributed by atoms with van der Waals surface area (Å²) in [6, 6.07) is 0. The van der Waals surface area contributed by atoms with Gasteiger partial charge in [-0.2, -0.15) is 0 Å².